The van der Waals surface area contributed by atoms with E-state index in [-0.39, 0.29) is 5.97 Å². The number of hydrogen-bond acceptors (Lipinski definition) is 8. The maximum atomic E-state index is 12.0. The summed E-state index contributed by atoms with van der Waals surface area (Å²) >= 11 is 1.53. The van der Waals surface area contributed by atoms with Crippen LogP contribution >= 0.6 is 11.8 Å². The molecule has 0 saturated carbocycles. The Kier molecular flexibility index (Phi) is 7.71. The van der Waals surface area contributed by atoms with Gasteiger partial charge >= 0.3 is 5.97 Å². The highest BCUT2D eigenvalue weighted by molar-refractivity contribution is 7.98. The Morgan fingerprint density at radius 2 is 1.90 bits per heavy atom. The quantitative estimate of drug-likeness (QED) is 0.303. The van der Waals surface area contributed by atoms with Crippen molar-refractivity contribution in [3.05, 3.63) is 35.9 Å². The van der Waals surface area contributed by atoms with E-state index in [1.807, 2.05) is 24.5 Å². The van der Waals surface area contributed by atoms with E-state index in [1.54, 1.807) is 12.1 Å². The average Bonchev–Trinajstić information content (AvgIpc) is 2.74. The van der Waals surface area contributed by atoms with Crippen molar-refractivity contribution in [2.24, 2.45) is 0 Å². The highest BCUT2D eigenvalue weighted by Gasteiger charge is 2.17. The van der Waals surface area contributed by atoms with Gasteiger partial charge in [0.05, 0.1) is 12.2 Å². The van der Waals surface area contributed by atoms with E-state index in [0.29, 0.717) is 12.2 Å². The molecule has 2 aromatic rings. The number of esters is 1. The lowest BCUT2D eigenvalue weighted by molar-refractivity contribution is 0.0500. The zero-order chi connectivity index (χ0) is 20.6. The molecular formula is C21H29N5O2S. The number of nitrogens with one attached hydrogen (secondary N) is 1. The van der Waals surface area contributed by atoms with Crippen LogP contribution in [-0.2, 0) is 4.74 Å². The minimum atomic E-state index is -0.283. The molecule has 1 aromatic carbocycles. The number of carbonyl (C=O) groups is 1. The van der Waals surface area contributed by atoms with E-state index in [2.05, 4.69) is 39.1 Å². The molecule has 3 rings (SSSR count). The third-order valence-corrected chi connectivity index (χ3v) is 5.37. The number of rotatable bonds is 8. The van der Waals surface area contributed by atoms with Crippen LogP contribution in [-0.4, -0.2) is 66.9 Å². The molecule has 1 saturated heterocycles. The maximum absolute atomic E-state index is 12.0. The summed E-state index contributed by atoms with van der Waals surface area (Å²) in [5.74, 6) is 1.40. The molecule has 7 nitrogen and oxygen atoms in total. The third-order valence-electron chi connectivity index (χ3n) is 4.83. The maximum Gasteiger partial charge on any atom is 0.338 e. The molecule has 0 atom stereocenters. The van der Waals surface area contributed by atoms with Crippen LogP contribution < -0.4 is 10.2 Å². The molecule has 8 heteroatoms. The Bertz CT molecular complexity index is 807. The van der Waals surface area contributed by atoms with Crippen molar-refractivity contribution in [3.8, 4) is 0 Å². The fraction of sp³-hybridized carbons (Fsp3) is 0.476. The summed E-state index contributed by atoms with van der Waals surface area (Å²) in [5, 5.41) is 4.07. The van der Waals surface area contributed by atoms with E-state index in [9.17, 15) is 4.79 Å². The molecule has 29 heavy (non-hydrogen) atoms. The number of unbranched alkanes of at least 4 members (excludes halogenated alkanes) is 1. The van der Waals surface area contributed by atoms with E-state index < -0.39 is 0 Å². The highest BCUT2D eigenvalue weighted by Crippen LogP contribution is 2.24. The highest BCUT2D eigenvalue weighted by atomic mass is 32.2. The van der Waals surface area contributed by atoms with Gasteiger partial charge in [-0.15, -0.1) is 0 Å². The first-order chi connectivity index (χ1) is 14.1. The number of hydrogen-bond donors (Lipinski definition) is 1. The van der Waals surface area contributed by atoms with Gasteiger partial charge in [0, 0.05) is 37.9 Å². The largest absolute Gasteiger partial charge is 0.462 e. The fourth-order valence-electron chi connectivity index (χ4n) is 3.00. The zero-order valence-electron chi connectivity index (χ0n) is 17.4. The molecule has 0 radical (unpaired) electrons. The van der Waals surface area contributed by atoms with Gasteiger partial charge in [0.15, 0.2) is 5.16 Å². The van der Waals surface area contributed by atoms with Gasteiger partial charge in [-0.25, -0.2) is 14.8 Å². The normalized spacial score (nSPS) is 14.7. The molecule has 1 fully saturated rings. The van der Waals surface area contributed by atoms with Crippen molar-refractivity contribution in [1.29, 1.82) is 0 Å². The Labute approximate surface area is 176 Å². The van der Waals surface area contributed by atoms with Gasteiger partial charge in [-0.3, -0.25) is 0 Å². The Morgan fingerprint density at radius 3 is 2.55 bits per heavy atom. The minimum Gasteiger partial charge on any atom is -0.462 e. The summed E-state index contributed by atoms with van der Waals surface area (Å²) in [5.41, 5.74) is 1.42. The smallest absolute Gasteiger partial charge is 0.338 e. The van der Waals surface area contributed by atoms with Crippen LogP contribution in [0, 0.1) is 0 Å². The molecule has 2 heterocycles. The minimum absolute atomic E-state index is 0.283. The van der Waals surface area contributed by atoms with Crippen LogP contribution in [0.5, 0.6) is 0 Å². The van der Waals surface area contributed by atoms with Crippen molar-refractivity contribution < 1.29 is 9.53 Å². The summed E-state index contributed by atoms with van der Waals surface area (Å²) in [6.45, 7) is 6.49. The van der Waals surface area contributed by atoms with Gasteiger partial charge in [0.25, 0.3) is 0 Å². The molecule has 0 amide bonds. The Hall–Kier alpha value is -2.32. The lowest BCUT2D eigenvalue weighted by Gasteiger charge is -2.33. The number of anilines is 3. The first-order valence-electron chi connectivity index (χ1n) is 10.00. The standard InChI is InChI=1S/C21H29N5O2S/c1-4-5-14-28-20(27)16-6-8-17(9-7-16)22-18-15-19(24-21(23-18)29-3)26-12-10-25(2)11-13-26/h6-9,15H,4-5,10-14H2,1-3H3,(H,22,23,24). The first-order valence-corrected chi connectivity index (χ1v) is 11.2. The van der Waals surface area contributed by atoms with Crippen LogP contribution in [0.2, 0.25) is 0 Å². The number of benzene rings is 1. The molecular weight excluding hydrogens is 386 g/mol. The second-order valence-corrected chi connectivity index (χ2v) is 7.85. The Morgan fingerprint density at radius 1 is 1.17 bits per heavy atom. The number of ether oxygens (including phenoxy) is 1. The molecule has 156 valence electrons. The molecule has 0 aliphatic carbocycles. The molecule has 1 aliphatic rings. The number of likely N-dealkylation sites (N-methyl/N-ethyl adjacent to an activating group) is 1. The number of piperazine rings is 1. The lowest BCUT2D eigenvalue weighted by atomic mass is 10.2. The number of nitrogens with zero attached hydrogens (tertiary/aromatic N) is 4. The van der Waals surface area contributed by atoms with Crippen molar-refractivity contribution in [2.75, 3.05) is 56.3 Å². The first kappa shape index (κ1) is 21.4. The van der Waals surface area contributed by atoms with Crippen LogP contribution in [0.1, 0.15) is 30.1 Å². The van der Waals surface area contributed by atoms with E-state index >= 15 is 0 Å². The number of carbonyl (C=O) groups excluding carboxylic acids is 1. The fourth-order valence-corrected chi connectivity index (χ4v) is 3.37. The number of thioether (sulfide) groups is 1. The number of aromatic nitrogens is 2. The van der Waals surface area contributed by atoms with Crippen LogP contribution in [0.3, 0.4) is 0 Å². The summed E-state index contributed by atoms with van der Waals surface area (Å²) in [6.07, 6.45) is 3.86. The van der Waals surface area contributed by atoms with Gasteiger partial charge in [-0.1, -0.05) is 25.1 Å². The van der Waals surface area contributed by atoms with Gasteiger partial charge in [0.1, 0.15) is 11.6 Å². The van der Waals surface area contributed by atoms with Crippen molar-refractivity contribution in [2.45, 2.75) is 24.9 Å². The second kappa shape index (κ2) is 10.5. The van der Waals surface area contributed by atoms with Gasteiger partial charge < -0.3 is 19.9 Å². The van der Waals surface area contributed by atoms with Crippen LogP contribution in [0.15, 0.2) is 35.5 Å². The van der Waals surface area contributed by atoms with Crippen molar-refractivity contribution >= 4 is 35.1 Å². The third kappa shape index (κ3) is 6.08. The summed E-state index contributed by atoms with van der Waals surface area (Å²) < 4.78 is 5.26. The van der Waals surface area contributed by atoms with Gasteiger partial charge in [0.2, 0.25) is 0 Å². The average molecular weight is 416 g/mol. The molecule has 0 spiro atoms. The predicted molar refractivity (Wildman–Crippen MR) is 118 cm³/mol. The summed E-state index contributed by atoms with van der Waals surface area (Å²) in [6, 6.07) is 9.26. The molecule has 0 bridgehead atoms. The molecule has 1 aromatic heterocycles. The monoisotopic (exact) mass is 415 g/mol. The van der Waals surface area contributed by atoms with E-state index in [1.165, 1.54) is 11.8 Å². The Balaban J connectivity index is 1.69. The zero-order valence-corrected chi connectivity index (χ0v) is 18.2. The second-order valence-electron chi connectivity index (χ2n) is 7.08. The molecule has 1 aliphatic heterocycles. The van der Waals surface area contributed by atoms with Crippen LogP contribution in [0.25, 0.3) is 0 Å². The summed E-state index contributed by atoms with van der Waals surface area (Å²) in [7, 11) is 2.14. The molecule has 1 N–H and O–H groups in total. The SMILES string of the molecule is CCCCOC(=O)c1ccc(Nc2cc(N3CCN(C)CC3)nc(SC)n2)cc1. The lowest BCUT2D eigenvalue weighted by Crippen LogP contribution is -2.44. The van der Waals surface area contributed by atoms with E-state index in [0.717, 1.165) is 61.5 Å². The topological polar surface area (TPSA) is 70.6 Å². The predicted octanol–water partition coefficient (Wildman–Crippen LogP) is 3.65. The molecule has 0 unspecified atom stereocenters. The van der Waals surface area contributed by atoms with Crippen molar-refractivity contribution in [1.82, 2.24) is 14.9 Å². The van der Waals surface area contributed by atoms with Crippen LogP contribution in [0.4, 0.5) is 17.3 Å². The van der Waals surface area contributed by atoms with E-state index in [4.69, 9.17) is 4.74 Å². The van der Waals surface area contributed by atoms with Gasteiger partial charge in [-0.05, 0) is 44.0 Å². The van der Waals surface area contributed by atoms with Gasteiger partial charge in [-0.2, -0.15) is 0 Å². The van der Waals surface area contributed by atoms with Crippen molar-refractivity contribution in [3.63, 3.8) is 0 Å². The summed E-state index contributed by atoms with van der Waals surface area (Å²) in [4.78, 5) is 25.9.